The smallest absolute Gasteiger partial charge is 0.316 e. The number of benzene rings is 2. The molecule has 4 rings (SSSR count). The predicted molar refractivity (Wildman–Crippen MR) is 127 cm³/mol. The number of thioether (sulfide) groups is 1. The third kappa shape index (κ3) is 5.24. The van der Waals surface area contributed by atoms with E-state index in [0.717, 1.165) is 16.0 Å². The average molecular weight is 490 g/mol. The second-order valence-corrected chi connectivity index (χ2v) is 10.6. The Morgan fingerprint density at radius 3 is 2.67 bits per heavy atom. The first kappa shape index (κ1) is 23.7. The lowest BCUT2D eigenvalue weighted by Crippen LogP contribution is -2.40. The molecule has 1 saturated heterocycles. The Hall–Kier alpha value is -2.40. The van der Waals surface area contributed by atoms with Crippen LogP contribution in [0.3, 0.4) is 0 Å². The molecule has 1 aliphatic rings. The highest BCUT2D eigenvalue weighted by atomic mass is 32.2. The maximum atomic E-state index is 13.0. The summed E-state index contributed by atoms with van der Waals surface area (Å²) in [7, 11) is -3.61. The lowest BCUT2D eigenvalue weighted by atomic mass is 10.2. The fourth-order valence-corrected chi connectivity index (χ4v) is 6.02. The van der Waals surface area contributed by atoms with E-state index in [1.54, 1.807) is 18.2 Å². The first-order valence-corrected chi connectivity index (χ1v) is 13.2. The molecule has 0 amide bonds. The van der Waals surface area contributed by atoms with E-state index in [1.165, 1.54) is 16.1 Å². The number of imidazole rings is 1. The second-order valence-electron chi connectivity index (χ2n) is 7.65. The molecule has 0 unspecified atom stereocenters. The van der Waals surface area contributed by atoms with Gasteiger partial charge in [-0.2, -0.15) is 4.31 Å². The first-order valence-electron chi connectivity index (χ1n) is 10.8. The highest BCUT2D eigenvalue weighted by Crippen LogP contribution is 2.25. The molecule has 0 saturated carbocycles. The monoisotopic (exact) mass is 489 g/mol. The summed E-state index contributed by atoms with van der Waals surface area (Å²) < 4.78 is 40.1. The molecule has 1 aromatic heterocycles. The minimum absolute atomic E-state index is 0.0290. The van der Waals surface area contributed by atoms with Gasteiger partial charge in [0.15, 0.2) is 0 Å². The van der Waals surface area contributed by atoms with Crippen LogP contribution in [0.4, 0.5) is 0 Å². The fourth-order valence-electron chi connectivity index (χ4n) is 3.76. The SMILES string of the molecule is CCn1c(COC(=O)CSc2ccccc2C)nc2cc(S(=O)(=O)N3CCOCC3)ccc21. The van der Waals surface area contributed by atoms with Crippen molar-refractivity contribution >= 4 is 38.8 Å². The van der Waals surface area contributed by atoms with Crippen LogP contribution in [0.2, 0.25) is 0 Å². The summed E-state index contributed by atoms with van der Waals surface area (Å²) in [5.74, 6) is 0.468. The van der Waals surface area contributed by atoms with Gasteiger partial charge in [0.1, 0.15) is 12.4 Å². The zero-order valence-electron chi connectivity index (χ0n) is 18.7. The van der Waals surface area contributed by atoms with Crippen molar-refractivity contribution in [1.29, 1.82) is 0 Å². The van der Waals surface area contributed by atoms with E-state index in [1.807, 2.05) is 42.7 Å². The molecule has 1 aliphatic heterocycles. The molecule has 33 heavy (non-hydrogen) atoms. The number of hydrogen-bond acceptors (Lipinski definition) is 7. The van der Waals surface area contributed by atoms with Gasteiger partial charge in [-0.3, -0.25) is 4.79 Å². The van der Waals surface area contributed by atoms with Crippen LogP contribution >= 0.6 is 11.8 Å². The molecule has 3 aromatic rings. The number of nitrogens with zero attached hydrogens (tertiary/aromatic N) is 3. The molecule has 0 bridgehead atoms. The normalized spacial score (nSPS) is 15.1. The van der Waals surface area contributed by atoms with Crippen LogP contribution in [-0.2, 0) is 37.4 Å². The van der Waals surface area contributed by atoms with E-state index in [9.17, 15) is 13.2 Å². The van der Waals surface area contributed by atoms with E-state index in [0.29, 0.717) is 44.2 Å². The number of ether oxygens (including phenoxy) is 2. The van der Waals surface area contributed by atoms with Crippen molar-refractivity contribution in [1.82, 2.24) is 13.9 Å². The Morgan fingerprint density at radius 1 is 1.18 bits per heavy atom. The van der Waals surface area contributed by atoms with E-state index < -0.39 is 10.0 Å². The van der Waals surface area contributed by atoms with E-state index in [4.69, 9.17) is 9.47 Å². The largest absolute Gasteiger partial charge is 0.457 e. The molecular formula is C23H27N3O5S2. The number of aromatic nitrogens is 2. The van der Waals surface area contributed by atoms with Crippen LogP contribution < -0.4 is 0 Å². The minimum Gasteiger partial charge on any atom is -0.457 e. The Labute approximate surface area is 197 Å². The van der Waals surface area contributed by atoms with Gasteiger partial charge in [-0.05, 0) is 43.7 Å². The second kappa shape index (κ2) is 10.3. The summed E-state index contributed by atoms with van der Waals surface area (Å²) in [4.78, 5) is 18.1. The molecule has 10 heteroatoms. The molecule has 0 aliphatic carbocycles. The highest BCUT2D eigenvalue weighted by Gasteiger charge is 2.27. The number of carbonyl (C=O) groups excluding carboxylic acids is 1. The van der Waals surface area contributed by atoms with Crippen molar-refractivity contribution < 1.29 is 22.7 Å². The maximum Gasteiger partial charge on any atom is 0.316 e. The van der Waals surface area contributed by atoms with E-state index in [-0.39, 0.29) is 23.2 Å². The van der Waals surface area contributed by atoms with Gasteiger partial charge in [0.05, 0.1) is 34.9 Å². The van der Waals surface area contributed by atoms with Crippen LogP contribution in [0.15, 0.2) is 52.3 Å². The number of esters is 1. The Kier molecular flexibility index (Phi) is 7.38. The number of carbonyl (C=O) groups is 1. The Balaban J connectivity index is 1.47. The third-order valence-corrected chi connectivity index (χ3v) is 8.57. The number of fused-ring (bicyclic) bond motifs is 1. The zero-order valence-corrected chi connectivity index (χ0v) is 20.3. The van der Waals surface area contributed by atoms with Gasteiger partial charge in [0.25, 0.3) is 0 Å². The third-order valence-electron chi connectivity index (χ3n) is 5.52. The van der Waals surface area contributed by atoms with Crippen LogP contribution in [0.1, 0.15) is 18.3 Å². The summed E-state index contributed by atoms with van der Waals surface area (Å²) in [6.07, 6.45) is 0. The van der Waals surface area contributed by atoms with Crippen LogP contribution in [-0.4, -0.2) is 60.3 Å². The van der Waals surface area contributed by atoms with Crippen molar-refractivity contribution in [3.63, 3.8) is 0 Å². The quantitative estimate of drug-likeness (QED) is 0.354. The van der Waals surface area contributed by atoms with Gasteiger partial charge >= 0.3 is 5.97 Å². The zero-order chi connectivity index (χ0) is 23.4. The molecule has 0 N–H and O–H groups in total. The number of morpholine rings is 1. The first-order chi connectivity index (χ1) is 15.9. The van der Waals surface area contributed by atoms with E-state index in [2.05, 4.69) is 4.98 Å². The molecular weight excluding hydrogens is 462 g/mol. The summed E-state index contributed by atoms with van der Waals surface area (Å²) in [6, 6.07) is 12.8. The summed E-state index contributed by atoms with van der Waals surface area (Å²) >= 11 is 1.44. The lowest BCUT2D eigenvalue weighted by molar-refractivity contribution is -0.142. The van der Waals surface area contributed by atoms with Crippen molar-refractivity contribution in [2.45, 2.75) is 36.8 Å². The average Bonchev–Trinajstić information content (AvgIpc) is 3.19. The Morgan fingerprint density at radius 2 is 1.94 bits per heavy atom. The van der Waals surface area contributed by atoms with Crippen molar-refractivity contribution in [3.8, 4) is 0 Å². The molecule has 176 valence electrons. The topological polar surface area (TPSA) is 90.7 Å². The number of sulfonamides is 1. The molecule has 1 fully saturated rings. The maximum absolute atomic E-state index is 13.0. The lowest BCUT2D eigenvalue weighted by Gasteiger charge is -2.26. The van der Waals surface area contributed by atoms with Crippen molar-refractivity contribution in [2.24, 2.45) is 0 Å². The number of aryl methyl sites for hydroxylation is 2. The standard InChI is InChI=1S/C23H27N3O5S2/c1-3-26-20-9-8-18(33(28,29)25-10-12-30-13-11-25)14-19(20)24-22(26)15-31-23(27)16-32-21-7-5-4-6-17(21)2/h4-9,14H,3,10-13,15-16H2,1-2H3. The highest BCUT2D eigenvalue weighted by molar-refractivity contribution is 8.00. The van der Waals surface area contributed by atoms with Gasteiger partial charge in [0, 0.05) is 24.5 Å². The van der Waals surface area contributed by atoms with Crippen molar-refractivity contribution in [2.75, 3.05) is 32.1 Å². The number of hydrogen-bond donors (Lipinski definition) is 0. The molecule has 8 nitrogen and oxygen atoms in total. The van der Waals surface area contributed by atoms with Gasteiger partial charge in [-0.1, -0.05) is 18.2 Å². The summed E-state index contributed by atoms with van der Waals surface area (Å²) in [6.45, 7) is 6.09. The number of rotatable bonds is 8. The molecule has 2 aromatic carbocycles. The minimum atomic E-state index is -3.61. The molecule has 2 heterocycles. The summed E-state index contributed by atoms with van der Waals surface area (Å²) in [5, 5.41) is 0. The van der Waals surface area contributed by atoms with Gasteiger partial charge in [-0.15, -0.1) is 11.8 Å². The van der Waals surface area contributed by atoms with Crippen LogP contribution in [0, 0.1) is 6.92 Å². The molecule has 0 radical (unpaired) electrons. The Bertz CT molecular complexity index is 1250. The van der Waals surface area contributed by atoms with Gasteiger partial charge < -0.3 is 14.0 Å². The fraction of sp³-hybridized carbons (Fsp3) is 0.391. The van der Waals surface area contributed by atoms with Crippen molar-refractivity contribution in [3.05, 3.63) is 53.9 Å². The summed E-state index contributed by atoms with van der Waals surface area (Å²) in [5.41, 5.74) is 2.48. The van der Waals surface area contributed by atoms with Crippen LogP contribution in [0.5, 0.6) is 0 Å². The van der Waals surface area contributed by atoms with Gasteiger partial charge in [0.2, 0.25) is 10.0 Å². The van der Waals surface area contributed by atoms with E-state index >= 15 is 0 Å². The molecule has 0 spiro atoms. The van der Waals surface area contributed by atoms with Gasteiger partial charge in [-0.25, -0.2) is 13.4 Å². The van der Waals surface area contributed by atoms with Crippen LogP contribution in [0.25, 0.3) is 11.0 Å². The predicted octanol–water partition coefficient (Wildman–Crippen LogP) is 3.22. The molecule has 0 atom stereocenters.